The minimum Gasteiger partial charge on any atom is -0.390 e. The summed E-state index contributed by atoms with van der Waals surface area (Å²) in [6, 6.07) is 0.459. The molecule has 0 aromatic rings. The van der Waals surface area contributed by atoms with Crippen molar-refractivity contribution in [3.05, 3.63) is 0 Å². The van der Waals surface area contributed by atoms with E-state index in [2.05, 4.69) is 31.1 Å². The van der Waals surface area contributed by atoms with Crippen molar-refractivity contribution in [3.63, 3.8) is 0 Å². The van der Waals surface area contributed by atoms with Gasteiger partial charge in [0.2, 0.25) is 0 Å². The first-order valence-electron chi connectivity index (χ1n) is 6.35. The highest BCUT2D eigenvalue weighted by Gasteiger charge is 2.28. The summed E-state index contributed by atoms with van der Waals surface area (Å²) in [5, 5.41) is 13.1. The molecule has 0 aromatic heterocycles. The van der Waals surface area contributed by atoms with Crippen LogP contribution in [0.25, 0.3) is 0 Å². The summed E-state index contributed by atoms with van der Waals surface area (Å²) in [4.78, 5) is 2.22. The Morgan fingerprint density at radius 1 is 1.56 bits per heavy atom. The van der Waals surface area contributed by atoms with Gasteiger partial charge in [-0.2, -0.15) is 0 Å². The van der Waals surface area contributed by atoms with Crippen LogP contribution in [-0.2, 0) is 4.74 Å². The van der Waals surface area contributed by atoms with E-state index in [9.17, 15) is 5.11 Å². The summed E-state index contributed by atoms with van der Waals surface area (Å²) in [6.45, 7) is 7.46. The number of rotatable bonds is 7. The van der Waals surface area contributed by atoms with Gasteiger partial charge in [0, 0.05) is 25.7 Å². The van der Waals surface area contributed by atoms with E-state index in [4.69, 9.17) is 4.74 Å². The van der Waals surface area contributed by atoms with Gasteiger partial charge in [-0.1, -0.05) is 6.92 Å². The first-order chi connectivity index (χ1) is 7.65. The molecule has 0 bridgehead atoms. The first-order valence-corrected chi connectivity index (χ1v) is 6.35. The van der Waals surface area contributed by atoms with Gasteiger partial charge in [-0.15, -0.1) is 0 Å². The molecule has 4 heteroatoms. The van der Waals surface area contributed by atoms with Crippen LogP contribution in [0.15, 0.2) is 0 Å². The molecule has 0 spiro atoms. The molecular weight excluding hydrogens is 204 g/mol. The molecule has 1 rings (SSSR count). The second kappa shape index (κ2) is 7.22. The van der Waals surface area contributed by atoms with E-state index in [1.54, 1.807) is 0 Å². The van der Waals surface area contributed by atoms with Crippen molar-refractivity contribution in [2.24, 2.45) is 0 Å². The van der Waals surface area contributed by atoms with Gasteiger partial charge in [-0.3, -0.25) is 4.90 Å². The molecule has 4 nitrogen and oxygen atoms in total. The summed E-state index contributed by atoms with van der Waals surface area (Å²) in [5.74, 6) is 0. The topological polar surface area (TPSA) is 44.7 Å². The average Bonchev–Trinajstić information content (AvgIpc) is 2.65. The lowest BCUT2D eigenvalue weighted by Crippen LogP contribution is -2.44. The highest BCUT2D eigenvalue weighted by atomic mass is 16.5. The van der Waals surface area contributed by atoms with Crippen molar-refractivity contribution in [1.82, 2.24) is 10.2 Å². The average molecular weight is 230 g/mol. The fourth-order valence-corrected chi connectivity index (χ4v) is 2.28. The molecule has 0 aliphatic carbocycles. The van der Waals surface area contributed by atoms with Gasteiger partial charge in [-0.05, 0) is 33.4 Å². The Kier molecular flexibility index (Phi) is 6.28. The second-order valence-electron chi connectivity index (χ2n) is 4.73. The van der Waals surface area contributed by atoms with Crippen LogP contribution in [0.1, 0.15) is 26.7 Å². The number of aliphatic hydroxyl groups excluding tert-OH is 1. The molecule has 1 aliphatic rings. The van der Waals surface area contributed by atoms with Gasteiger partial charge in [0.05, 0.1) is 12.2 Å². The molecule has 1 heterocycles. The van der Waals surface area contributed by atoms with Crippen molar-refractivity contribution < 1.29 is 9.84 Å². The predicted molar refractivity (Wildman–Crippen MR) is 65.6 cm³/mol. The van der Waals surface area contributed by atoms with Crippen LogP contribution in [0, 0.1) is 0 Å². The smallest absolute Gasteiger partial charge is 0.0791 e. The lowest BCUT2D eigenvalue weighted by atomic mass is 10.1. The Hall–Kier alpha value is -0.160. The van der Waals surface area contributed by atoms with Crippen LogP contribution in [0.2, 0.25) is 0 Å². The highest BCUT2D eigenvalue weighted by molar-refractivity contribution is 4.81. The zero-order valence-corrected chi connectivity index (χ0v) is 10.8. The second-order valence-corrected chi connectivity index (χ2v) is 4.73. The SMILES string of the molecule is CCCNCC(O)CN(C)C1CCOC1C. The fourth-order valence-electron chi connectivity index (χ4n) is 2.28. The van der Waals surface area contributed by atoms with E-state index < -0.39 is 0 Å². The Morgan fingerprint density at radius 2 is 2.31 bits per heavy atom. The standard InChI is InChI=1S/C12H26N2O2/c1-4-6-13-8-11(15)9-14(3)12-5-7-16-10(12)2/h10-13,15H,4-9H2,1-3H3. The van der Waals surface area contributed by atoms with Crippen molar-refractivity contribution >= 4 is 0 Å². The van der Waals surface area contributed by atoms with E-state index in [1.165, 1.54) is 0 Å². The number of aliphatic hydroxyl groups is 1. The van der Waals surface area contributed by atoms with Crippen molar-refractivity contribution in [2.75, 3.05) is 33.3 Å². The molecule has 1 saturated heterocycles. The van der Waals surface area contributed by atoms with Crippen LogP contribution in [-0.4, -0.2) is 61.5 Å². The van der Waals surface area contributed by atoms with Crippen molar-refractivity contribution in [1.29, 1.82) is 0 Å². The number of hydrogen-bond donors (Lipinski definition) is 2. The van der Waals surface area contributed by atoms with Gasteiger partial charge in [0.15, 0.2) is 0 Å². The largest absolute Gasteiger partial charge is 0.390 e. The van der Waals surface area contributed by atoms with Gasteiger partial charge in [-0.25, -0.2) is 0 Å². The molecule has 1 fully saturated rings. The summed E-state index contributed by atoms with van der Waals surface area (Å²) in [6.07, 6.45) is 2.19. The maximum atomic E-state index is 9.85. The van der Waals surface area contributed by atoms with Crippen LogP contribution >= 0.6 is 0 Å². The van der Waals surface area contributed by atoms with E-state index in [1.807, 2.05) is 0 Å². The van der Waals surface area contributed by atoms with Crippen LogP contribution in [0.3, 0.4) is 0 Å². The third-order valence-corrected chi connectivity index (χ3v) is 3.21. The molecule has 3 unspecified atom stereocenters. The Balaban J connectivity index is 2.19. The van der Waals surface area contributed by atoms with Gasteiger partial charge < -0.3 is 15.2 Å². The maximum Gasteiger partial charge on any atom is 0.0791 e. The number of nitrogens with zero attached hydrogens (tertiary/aromatic N) is 1. The van der Waals surface area contributed by atoms with Crippen LogP contribution in [0.4, 0.5) is 0 Å². The number of likely N-dealkylation sites (N-methyl/N-ethyl adjacent to an activating group) is 1. The molecule has 0 aromatic carbocycles. The Labute approximate surface area is 99.0 Å². The van der Waals surface area contributed by atoms with Crippen molar-refractivity contribution in [2.45, 2.75) is 44.9 Å². The number of hydrogen-bond acceptors (Lipinski definition) is 4. The number of nitrogens with one attached hydrogen (secondary N) is 1. The predicted octanol–water partition coefficient (Wildman–Crippen LogP) is 0.456. The molecule has 3 atom stereocenters. The molecule has 96 valence electrons. The van der Waals surface area contributed by atoms with Crippen molar-refractivity contribution in [3.8, 4) is 0 Å². The summed E-state index contributed by atoms with van der Waals surface area (Å²) in [5.41, 5.74) is 0. The summed E-state index contributed by atoms with van der Waals surface area (Å²) >= 11 is 0. The van der Waals surface area contributed by atoms with E-state index in [0.717, 1.165) is 32.5 Å². The minimum absolute atomic E-state index is 0.288. The van der Waals surface area contributed by atoms with E-state index in [0.29, 0.717) is 18.7 Å². The number of ether oxygens (including phenoxy) is 1. The fraction of sp³-hybridized carbons (Fsp3) is 1.00. The maximum absolute atomic E-state index is 9.85. The van der Waals surface area contributed by atoms with Gasteiger partial charge >= 0.3 is 0 Å². The molecule has 0 saturated carbocycles. The third kappa shape index (κ3) is 4.37. The monoisotopic (exact) mass is 230 g/mol. The lowest BCUT2D eigenvalue weighted by molar-refractivity contribution is 0.0582. The summed E-state index contributed by atoms with van der Waals surface area (Å²) in [7, 11) is 2.07. The highest BCUT2D eigenvalue weighted by Crippen LogP contribution is 2.18. The Bertz CT molecular complexity index is 190. The van der Waals surface area contributed by atoms with Crippen LogP contribution < -0.4 is 5.32 Å². The molecule has 1 aliphatic heterocycles. The van der Waals surface area contributed by atoms with Gasteiger partial charge in [0.25, 0.3) is 0 Å². The van der Waals surface area contributed by atoms with E-state index in [-0.39, 0.29) is 6.10 Å². The van der Waals surface area contributed by atoms with Gasteiger partial charge in [0.1, 0.15) is 0 Å². The van der Waals surface area contributed by atoms with E-state index >= 15 is 0 Å². The molecule has 2 N–H and O–H groups in total. The summed E-state index contributed by atoms with van der Waals surface area (Å²) < 4.78 is 5.53. The minimum atomic E-state index is -0.288. The third-order valence-electron chi connectivity index (χ3n) is 3.21. The first kappa shape index (κ1) is 13.9. The lowest BCUT2D eigenvalue weighted by Gasteiger charge is -2.28. The molecular formula is C12H26N2O2. The molecule has 0 amide bonds. The quantitative estimate of drug-likeness (QED) is 0.624. The zero-order chi connectivity index (χ0) is 12.0. The normalized spacial score (nSPS) is 27.6. The molecule has 0 radical (unpaired) electrons. The molecule has 16 heavy (non-hydrogen) atoms. The Morgan fingerprint density at radius 3 is 2.88 bits per heavy atom. The van der Waals surface area contributed by atoms with Crippen LogP contribution in [0.5, 0.6) is 0 Å². The zero-order valence-electron chi connectivity index (χ0n) is 10.8.